The average Bonchev–Trinajstić information content (AvgIpc) is 3.20. The molecule has 10 heteroatoms. The minimum atomic E-state index is -1.48. The number of fused-ring (bicyclic) bond motifs is 1. The average molecular weight is 462 g/mol. The molecule has 7 nitrogen and oxygen atoms in total. The summed E-state index contributed by atoms with van der Waals surface area (Å²) in [6, 6.07) is 11.5. The van der Waals surface area contributed by atoms with E-state index in [2.05, 4.69) is 19.9 Å². The standard InChI is InChI=1S/C22H20FN4O3S.Na/c1-14-18(24-11-9-19(14)29-2)13-31(28)22-25-17-7-8-20(26-21(17)27-22)30-12-10-15-3-5-16(23)6-4-15;/h3-9,11H,10,12-13H2,1-2H3;/q-1;+1. The zero-order chi connectivity index (χ0) is 21.8. The second-order valence-corrected chi connectivity index (χ2v) is 8.14. The Kier molecular flexibility index (Phi) is 8.36. The Morgan fingerprint density at radius 2 is 1.88 bits per heavy atom. The van der Waals surface area contributed by atoms with Crippen molar-refractivity contribution in [3.8, 4) is 11.6 Å². The number of hydrogen-bond acceptors (Lipinski definition) is 6. The molecule has 0 radical (unpaired) electrons. The van der Waals surface area contributed by atoms with Crippen LogP contribution in [0.3, 0.4) is 0 Å². The Hall–Kier alpha value is -2.33. The summed E-state index contributed by atoms with van der Waals surface area (Å²) in [5.41, 5.74) is 3.39. The monoisotopic (exact) mass is 462 g/mol. The molecule has 4 aromatic rings. The van der Waals surface area contributed by atoms with E-state index in [-0.39, 0.29) is 46.3 Å². The number of benzene rings is 1. The zero-order valence-electron chi connectivity index (χ0n) is 18.0. The summed E-state index contributed by atoms with van der Waals surface area (Å²) in [6.07, 6.45) is 2.24. The first kappa shape index (κ1) is 24.3. The largest absolute Gasteiger partial charge is 1.00 e. The third-order valence-corrected chi connectivity index (χ3v) is 5.88. The van der Waals surface area contributed by atoms with Crippen molar-refractivity contribution in [2.24, 2.45) is 0 Å². The van der Waals surface area contributed by atoms with Gasteiger partial charge in [-0.1, -0.05) is 12.1 Å². The molecule has 0 bridgehead atoms. The number of imidazole rings is 1. The minimum absolute atomic E-state index is 0. The molecule has 32 heavy (non-hydrogen) atoms. The maximum atomic E-state index is 13.0. The molecular weight excluding hydrogens is 442 g/mol. The van der Waals surface area contributed by atoms with E-state index < -0.39 is 10.8 Å². The first-order valence-electron chi connectivity index (χ1n) is 9.59. The fourth-order valence-corrected chi connectivity index (χ4v) is 4.09. The van der Waals surface area contributed by atoms with Gasteiger partial charge in [-0.15, -0.1) is 0 Å². The summed E-state index contributed by atoms with van der Waals surface area (Å²) in [5, 5.41) is 0.204. The fourth-order valence-electron chi connectivity index (χ4n) is 3.03. The van der Waals surface area contributed by atoms with Gasteiger partial charge in [0, 0.05) is 29.3 Å². The van der Waals surface area contributed by atoms with Crippen molar-refractivity contribution in [1.82, 2.24) is 19.9 Å². The number of nitrogens with zero attached hydrogens (tertiary/aromatic N) is 4. The van der Waals surface area contributed by atoms with E-state index >= 15 is 0 Å². The van der Waals surface area contributed by atoms with Crippen LogP contribution >= 0.6 is 0 Å². The van der Waals surface area contributed by atoms with E-state index in [1.807, 2.05) is 6.92 Å². The zero-order valence-corrected chi connectivity index (χ0v) is 20.9. The van der Waals surface area contributed by atoms with Crippen LogP contribution in [0.1, 0.15) is 16.8 Å². The van der Waals surface area contributed by atoms with E-state index in [0.29, 0.717) is 41.5 Å². The Morgan fingerprint density at radius 3 is 2.62 bits per heavy atom. The number of methoxy groups -OCH3 is 1. The van der Waals surface area contributed by atoms with Crippen LogP contribution in [0.15, 0.2) is 53.8 Å². The number of halogens is 1. The molecule has 0 N–H and O–H groups in total. The third kappa shape index (κ3) is 5.72. The molecule has 0 aliphatic carbocycles. The summed E-state index contributed by atoms with van der Waals surface area (Å²) in [7, 11) is 0.106. The summed E-state index contributed by atoms with van der Waals surface area (Å²) < 4.78 is 36.7. The molecule has 1 aromatic carbocycles. The van der Waals surface area contributed by atoms with Gasteiger partial charge < -0.3 is 24.4 Å². The van der Waals surface area contributed by atoms with Crippen molar-refractivity contribution in [2.75, 3.05) is 13.7 Å². The van der Waals surface area contributed by atoms with E-state index in [4.69, 9.17) is 9.47 Å². The fraction of sp³-hybridized carbons (Fsp3) is 0.227. The number of rotatable bonds is 8. The van der Waals surface area contributed by atoms with Gasteiger partial charge in [-0.25, -0.2) is 4.39 Å². The van der Waals surface area contributed by atoms with Crippen molar-refractivity contribution >= 4 is 22.0 Å². The SMILES string of the molecule is COc1ccnc(CS(=O)c2nc3ccc(OCCc4ccc(F)cc4)nc3[n-]2)c1C.[Na+]. The first-order chi connectivity index (χ1) is 15.0. The molecule has 4 rings (SSSR count). The number of hydrogen-bond donors (Lipinski definition) is 0. The maximum absolute atomic E-state index is 13.0. The molecule has 0 spiro atoms. The molecular formula is C22H20FN4NaO3S. The quantitative estimate of drug-likeness (QED) is 0.350. The van der Waals surface area contributed by atoms with Crippen molar-refractivity contribution in [1.29, 1.82) is 0 Å². The molecule has 0 aliphatic rings. The second kappa shape index (κ2) is 11.0. The predicted molar refractivity (Wildman–Crippen MR) is 114 cm³/mol. The van der Waals surface area contributed by atoms with Gasteiger partial charge in [0.1, 0.15) is 17.4 Å². The van der Waals surface area contributed by atoms with Crippen LogP contribution in [0.5, 0.6) is 11.6 Å². The molecule has 0 fully saturated rings. The molecule has 3 heterocycles. The van der Waals surface area contributed by atoms with Gasteiger partial charge in [-0.2, -0.15) is 0 Å². The van der Waals surface area contributed by atoms with Crippen molar-refractivity contribution < 1.29 is 47.6 Å². The van der Waals surface area contributed by atoms with E-state index in [1.165, 1.54) is 12.1 Å². The van der Waals surface area contributed by atoms with Crippen LogP contribution < -0.4 is 44.0 Å². The predicted octanol–water partition coefficient (Wildman–Crippen LogP) is 0.371. The van der Waals surface area contributed by atoms with Gasteiger partial charge >= 0.3 is 29.6 Å². The van der Waals surface area contributed by atoms with Gasteiger partial charge in [-0.3, -0.25) is 9.19 Å². The summed E-state index contributed by atoms with van der Waals surface area (Å²) >= 11 is 0. The Morgan fingerprint density at radius 1 is 1.09 bits per heavy atom. The number of pyridine rings is 2. The van der Waals surface area contributed by atoms with Gasteiger partial charge in [-0.05, 0) is 42.8 Å². The number of ether oxygens (including phenoxy) is 2. The van der Waals surface area contributed by atoms with Gasteiger partial charge in [0.15, 0.2) is 0 Å². The van der Waals surface area contributed by atoms with Crippen LogP contribution in [-0.2, 0) is 23.0 Å². The van der Waals surface area contributed by atoms with Crippen LogP contribution in [0.4, 0.5) is 4.39 Å². The van der Waals surface area contributed by atoms with E-state index in [9.17, 15) is 8.60 Å². The van der Waals surface area contributed by atoms with E-state index in [0.717, 1.165) is 11.1 Å². The minimum Gasteiger partial charge on any atom is -0.496 e. The van der Waals surface area contributed by atoms with Crippen LogP contribution in [0.25, 0.3) is 11.2 Å². The molecule has 160 valence electrons. The Labute approximate surface area is 209 Å². The van der Waals surface area contributed by atoms with Crippen LogP contribution in [0.2, 0.25) is 0 Å². The summed E-state index contributed by atoms with van der Waals surface area (Å²) in [5.74, 6) is 1.01. The molecule has 0 saturated heterocycles. The van der Waals surface area contributed by atoms with E-state index in [1.54, 1.807) is 43.6 Å². The topological polar surface area (TPSA) is 88.3 Å². The maximum Gasteiger partial charge on any atom is 1.00 e. The van der Waals surface area contributed by atoms with Crippen LogP contribution in [0, 0.1) is 12.7 Å². The van der Waals surface area contributed by atoms with Crippen LogP contribution in [-0.4, -0.2) is 32.9 Å². The molecule has 1 unspecified atom stereocenters. The van der Waals surface area contributed by atoms with Crippen molar-refractivity contribution in [2.45, 2.75) is 24.3 Å². The molecule has 3 aromatic heterocycles. The normalized spacial score (nSPS) is 11.7. The van der Waals surface area contributed by atoms with Gasteiger partial charge in [0.2, 0.25) is 0 Å². The van der Waals surface area contributed by atoms with Crippen molar-refractivity contribution in [3.05, 3.63) is 71.3 Å². The van der Waals surface area contributed by atoms with Gasteiger partial charge in [0.05, 0.1) is 41.1 Å². The van der Waals surface area contributed by atoms with Crippen molar-refractivity contribution in [3.63, 3.8) is 0 Å². The Bertz CT molecular complexity index is 1230. The Balaban J connectivity index is 0.00000289. The third-order valence-electron chi connectivity index (χ3n) is 4.75. The molecule has 0 saturated carbocycles. The smallest absolute Gasteiger partial charge is 0.496 e. The molecule has 0 aliphatic heterocycles. The second-order valence-electron chi connectivity index (χ2n) is 6.80. The van der Waals surface area contributed by atoms with Gasteiger partial charge in [0.25, 0.3) is 0 Å². The summed E-state index contributed by atoms with van der Waals surface area (Å²) in [4.78, 5) is 17.3. The molecule has 0 amide bonds. The molecule has 1 atom stereocenters. The first-order valence-corrected chi connectivity index (χ1v) is 10.9. The summed E-state index contributed by atoms with van der Waals surface area (Å²) in [6.45, 7) is 2.26. The number of aromatic nitrogens is 4.